The van der Waals surface area contributed by atoms with E-state index >= 15 is 0 Å². The second-order valence-electron chi connectivity index (χ2n) is 7.11. The minimum Gasteiger partial charge on any atom is -0.206 e. The van der Waals surface area contributed by atoms with Crippen molar-refractivity contribution in [3.8, 4) is 0 Å². The topological polar surface area (TPSA) is 0 Å². The Kier molecular flexibility index (Phi) is 6.56. The third kappa shape index (κ3) is 4.30. The molecule has 0 N–H and O–H groups in total. The number of hydrogen-bond acceptors (Lipinski definition) is 0. The average molecular weight is 382 g/mol. The molecule has 146 valence electrons. The highest BCUT2D eigenvalue weighted by Gasteiger charge is 2.13. The van der Waals surface area contributed by atoms with Gasteiger partial charge in [0.25, 0.3) is 0 Å². The summed E-state index contributed by atoms with van der Waals surface area (Å²) in [6, 6.07) is 14.8. The van der Waals surface area contributed by atoms with Gasteiger partial charge in [-0.1, -0.05) is 75.2 Å². The first-order valence-corrected chi connectivity index (χ1v) is 9.91. The SMILES string of the molecule is CCCCCc1ccc(C(F)=C(F)c2ccc3c(F)c(CC)ccc3c2)cc1. The monoisotopic (exact) mass is 382 g/mol. The molecule has 0 heterocycles. The third-order valence-electron chi connectivity index (χ3n) is 5.14. The number of benzene rings is 3. The molecule has 0 bridgehead atoms. The van der Waals surface area contributed by atoms with Gasteiger partial charge in [-0.25, -0.2) is 13.2 Å². The van der Waals surface area contributed by atoms with E-state index in [1.807, 2.05) is 19.1 Å². The molecule has 0 spiro atoms. The fraction of sp³-hybridized carbons (Fsp3) is 0.280. The van der Waals surface area contributed by atoms with Crippen molar-refractivity contribution < 1.29 is 13.2 Å². The highest BCUT2D eigenvalue weighted by Crippen LogP contribution is 2.32. The molecule has 0 aliphatic rings. The van der Waals surface area contributed by atoms with Crippen LogP contribution < -0.4 is 0 Å². The summed E-state index contributed by atoms with van der Waals surface area (Å²) in [6.45, 7) is 4.03. The fourth-order valence-electron chi connectivity index (χ4n) is 3.40. The summed E-state index contributed by atoms with van der Waals surface area (Å²) < 4.78 is 43.8. The first-order valence-electron chi connectivity index (χ1n) is 9.91. The van der Waals surface area contributed by atoms with Crippen LogP contribution in [0.15, 0.2) is 54.6 Å². The van der Waals surface area contributed by atoms with Crippen LogP contribution in [0.3, 0.4) is 0 Å². The second kappa shape index (κ2) is 9.09. The molecule has 28 heavy (non-hydrogen) atoms. The Morgan fingerprint density at radius 1 is 0.786 bits per heavy atom. The first kappa shape index (κ1) is 20.2. The van der Waals surface area contributed by atoms with Gasteiger partial charge in [-0.2, -0.15) is 0 Å². The molecular formula is C25H25F3. The second-order valence-corrected chi connectivity index (χ2v) is 7.11. The van der Waals surface area contributed by atoms with Crippen molar-refractivity contribution in [2.45, 2.75) is 46.0 Å². The van der Waals surface area contributed by atoms with Crippen molar-refractivity contribution in [3.05, 3.63) is 82.7 Å². The minimum absolute atomic E-state index is 0.112. The lowest BCUT2D eigenvalue weighted by Gasteiger charge is -2.08. The zero-order valence-electron chi connectivity index (χ0n) is 16.4. The van der Waals surface area contributed by atoms with Gasteiger partial charge in [0.1, 0.15) is 5.82 Å². The molecule has 0 saturated heterocycles. The Morgan fingerprint density at radius 2 is 1.46 bits per heavy atom. The van der Waals surface area contributed by atoms with E-state index in [-0.39, 0.29) is 16.9 Å². The van der Waals surface area contributed by atoms with Crippen LogP contribution in [-0.2, 0) is 12.8 Å². The van der Waals surface area contributed by atoms with Crippen molar-refractivity contribution in [3.63, 3.8) is 0 Å². The van der Waals surface area contributed by atoms with Crippen LogP contribution in [0.4, 0.5) is 13.2 Å². The maximum Gasteiger partial charge on any atom is 0.166 e. The van der Waals surface area contributed by atoms with E-state index in [1.54, 1.807) is 24.3 Å². The van der Waals surface area contributed by atoms with Crippen LogP contribution >= 0.6 is 0 Å². The molecule has 0 aliphatic heterocycles. The van der Waals surface area contributed by atoms with Crippen molar-refractivity contribution in [2.24, 2.45) is 0 Å². The standard InChI is InChI=1S/C25H25F3/c1-3-5-6-7-17-8-10-19(11-9-17)24(27)25(28)21-14-15-22-20(16-21)13-12-18(4-2)23(22)26/h8-16H,3-7H2,1-2H3. The summed E-state index contributed by atoms with van der Waals surface area (Å²) in [6.07, 6.45) is 4.93. The maximum atomic E-state index is 14.7. The molecule has 0 radical (unpaired) electrons. The van der Waals surface area contributed by atoms with Gasteiger partial charge in [0.2, 0.25) is 0 Å². The number of rotatable bonds is 7. The average Bonchev–Trinajstić information content (AvgIpc) is 2.73. The van der Waals surface area contributed by atoms with Gasteiger partial charge in [-0.15, -0.1) is 0 Å². The number of aryl methyl sites for hydroxylation is 2. The minimum atomic E-state index is -0.930. The van der Waals surface area contributed by atoms with Gasteiger partial charge in [0.15, 0.2) is 11.7 Å². The van der Waals surface area contributed by atoms with Crippen LogP contribution in [0.1, 0.15) is 55.4 Å². The molecule has 3 aromatic rings. The summed E-state index contributed by atoms with van der Waals surface area (Å²) in [7, 11) is 0. The molecule has 0 aromatic heterocycles. The Labute approximate surface area is 164 Å². The molecule has 0 atom stereocenters. The lowest BCUT2D eigenvalue weighted by atomic mass is 10.0. The van der Waals surface area contributed by atoms with Gasteiger partial charge >= 0.3 is 0 Å². The number of unbranched alkanes of at least 4 members (excludes halogenated alkanes) is 2. The molecule has 3 aromatic carbocycles. The summed E-state index contributed by atoms with van der Waals surface area (Å²) in [5.41, 5.74) is 2.06. The van der Waals surface area contributed by atoms with Crippen LogP contribution in [0.25, 0.3) is 22.4 Å². The molecule has 0 aliphatic carbocycles. The van der Waals surface area contributed by atoms with Crippen LogP contribution in [0.5, 0.6) is 0 Å². The van der Waals surface area contributed by atoms with Crippen LogP contribution in [0.2, 0.25) is 0 Å². The van der Waals surface area contributed by atoms with E-state index in [2.05, 4.69) is 6.92 Å². The van der Waals surface area contributed by atoms with E-state index in [0.29, 0.717) is 22.8 Å². The molecule has 3 rings (SSSR count). The summed E-state index contributed by atoms with van der Waals surface area (Å²) in [5.74, 6) is -2.12. The number of fused-ring (bicyclic) bond motifs is 1. The van der Waals surface area contributed by atoms with E-state index in [0.717, 1.165) is 31.2 Å². The van der Waals surface area contributed by atoms with Gasteiger partial charge in [0.05, 0.1) is 0 Å². The molecule has 3 heteroatoms. The van der Waals surface area contributed by atoms with E-state index < -0.39 is 11.7 Å². The predicted octanol–water partition coefficient (Wildman–Crippen LogP) is 8.04. The van der Waals surface area contributed by atoms with Crippen molar-refractivity contribution in [1.82, 2.24) is 0 Å². The maximum absolute atomic E-state index is 14.7. The molecule has 0 amide bonds. The molecule has 0 unspecified atom stereocenters. The van der Waals surface area contributed by atoms with Gasteiger partial charge in [-0.05, 0) is 41.8 Å². The zero-order chi connectivity index (χ0) is 20.1. The highest BCUT2D eigenvalue weighted by atomic mass is 19.2. The smallest absolute Gasteiger partial charge is 0.166 e. The first-order chi connectivity index (χ1) is 13.5. The Morgan fingerprint density at radius 3 is 2.14 bits per heavy atom. The number of hydrogen-bond donors (Lipinski definition) is 0. The summed E-state index contributed by atoms with van der Waals surface area (Å²) >= 11 is 0. The number of halogens is 3. The van der Waals surface area contributed by atoms with Crippen molar-refractivity contribution in [2.75, 3.05) is 0 Å². The lowest BCUT2D eigenvalue weighted by Crippen LogP contribution is -1.91. The van der Waals surface area contributed by atoms with Gasteiger partial charge in [0, 0.05) is 16.5 Å². The quantitative estimate of drug-likeness (QED) is 0.286. The van der Waals surface area contributed by atoms with Crippen molar-refractivity contribution >= 4 is 22.4 Å². The zero-order valence-corrected chi connectivity index (χ0v) is 16.4. The molecule has 0 saturated carbocycles. The van der Waals surface area contributed by atoms with Gasteiger partial charge in [-0.3, -0.25) is 0 Å². The van der Waals surface area contributed by atoms with Crippen LogP contribution in [-0.4, -0.2) is 0 Å². The Bertz CT molecular complexity index is 985. The van der Waals surface area contributed by atoms with E-state index in [4.69, 9.17) is 0 Å². The fourth-order valence-corrected chi connectivity index (χ4v) is 3.40. The van der Waals surface area contributed by atoms with Gasteiger partial charge < -0.3 is 0 Å². The predicted molar refractivity (Wildman–Crippen MR) is 112 cm³/mol. The van der Waals surface area contributed by atoms with Crippen molar-refractivity contribution in [1.29, 1.82) is 0 Å². The molecular weight excluding hydrogens is 357 g/mol. The summed E-state index contributed by atoms with van der Waals surface area (Å²) in [4.78, 5) is 0. The molecule has 0 nitrogen and oxygen atoms in total. The Balaban J connectivity index is 1.88. The highest BCUT2D eigenvalue weighted by molar-refractivity contribution is 5.90. The lowest BCUT2D eigenvalue weighted by molar-refractivity contribution is 0.624. The van der Waals surface area contributed by atoms with Crippen LogP contribution in [0, 0.1) is 5.82 Å². The normalized spacial score (nSPS) is 12.3. The Hall–Kier alpha value is -2.55. The summed E-state index contributed by atoms with van der Waals surface area (Å²) in [5, 5.41) is 0.981. The largest absolute Gasteiger partial charge is 0.206 e. The van der Waals surface area contributed by atoms with E-state index in [9.17, 15) is 13.2 Å². The molecule has 0 fully saturated rings. The third-order valence-corrected chi connectivity index (χ3v) is 5.14. The van der Waals surface area contributed by atoms with E-state index in [1.165, 1.54) is 18.2 Å².